The van der Waals surface area contributed by atoms with Crippen LogP contribution in [-0.2, 0) is 20.4 Å². The van der Waals surface area contributed by atoms with Crippen LogP contribution in [0.3, 0.4) is 0 Å². The molecule has 7 nitrogen and oxygen atoms in total. The van der Waals surface area contributed by atoms with E-state index in [2.05, 4.69) is 73.0 Å². The van der Waals surface area contributed by atoms with Crippen LogP contribution in [0.4, 0.5) is 39.5 Å². The SMILES string of the molecule is [2H]CC(CCCCN(C)CCCSSCCOc1ccc2c(c1)CC[C@@H]1[C@@H]2CC[C@]2(C)[C@@H](OCCCOC(C(F)(F)F)(C(F)(F)F)C(F)(F)F)CC[C@@H]12)COP(PCC[N+]#[C-])N(C(C)C)C(C)C. The zero-order valence-electron chi connectivity index (χ0n) is 41.0. The summed E-state index contributed by atoms with van der Waals surface area (Å²) in [4.78, 5) is 5.93. The van der Waals surface area contributed by atoms with E-state index >= 15 is 0 Å². The number of halogens is 9. The van der Waals surface area contributed by atoms with Crippen molar-refractivity contribution in [2.24, 2.45) is 23.2 Å². The van der Waals surface area contributed by atoms with Crippen LogP contribution in [0.25, 0.3) is 4.85 Å². The van der Waals surface area contributed by atoms with Crippen molar-refractivity contribution in [1.82, 2.24) is 9.57 Å². The molecule has 0 spiro atoms. The largest absolute Gasteiger partial charge is 0.493 e. The van der Waals surface area contributed by atoms with Gasteiger partial charge >= 0.3 is 24.1 Å². The molecule has 1 aromatic rings. The summed E-state index contributed by atoms with van der Waals surface area (Å²) in [7, 11) is 5.72. The third kappa shape index (κ3) is 15.9. The van der Waals surface area contributed by atoms with E-state index in [1.807, 2.05) is 27.7 Å². The molecule has 0 saturated heterocycles. The molecular formula is C47H74F9N3O4P2S2. The lowest BCUT2D eigenvalue weighted by Gasteiger charge is -2.50. The zero-order chi connectivity index (χ0) is 50.3. The second kappa shape index (κ2) is 26.8. The van der Waals surface area contributed by atoms with Gasteiger partial charge in [0, 0.05) is 37.7 Å². The molecule has 0 heterocycles. The van der Waals surface area contributed by atoms with Crippen molar-refractivity contribution < 1.29 is 59.6 Å². The molecule has 0 aromatic heterocycles. The minimum absolute atomic E-state index is 0.232. The van der Waals surface area contributed by atoms with E-state index in [1.54, 1.807) is 0 Å². The number of unbranched alkanes of at least 4 members (excludes halogenated alkanes) is 1. The van der Waals surface area contributed by atoms with E-state index < -0.39 is 45.1 Å². The molecule has 0 amide bonds. The molecular weight excluding hydrogens is 968 g/mol. The molecule has 3 aliphatic carbocycles. The lowest BCUT2D eigenvalue weighted by atomic mass is 9.55. The lowest BCUT2D eigenvalue weighted by Crippen LogP contribution is -2.67. The normalized spacial score (nSPS) is 23.8. The number of hydrogen-bond donors (Lipinski definition) is 0. The fourth-order valence-corrected chi connectivity index (χ4v) is 17.5. The first kappa shape index (κ1) is 57.1. The number of aryl methyl sites for hydroxylation is 1. The number of nitrogens with zero attached hydrogens (tertiary/aromatic N) is 3. The van der Waals surface area contributed by atoms with Crippen LogP contribution in [0.5, 0.6) is 5.75 Å². The average molecular weight is 1040 g/mol. The molecule has 2 fully saturated rings. The van der Waals surface area contributed by atoms with Crippen molar-refractivity contribution in [2.45, 2.75) is 160 Å². The predicted octanol–water partition coefficient (Wildman–Crippen LogP) is 14.6. The van der Waals surface area contributed by atoms with Gasteiger partial charge in [0.1, 0.15) is 13.7 Å². The summed E-state index contributed by atoms with van der Waals surface area (Å²) in [6.45, 7) is 20.6. The molecule has 0 N–H and O–H groups in total. The molecule has 67 heavy (non-hydrogen) atoms. The molecule has 8 atom stereocenters. The highest BCUT2D eigenvalue weighted by Crippen LogP contribution is 2.63. The van der Waals surface area contributed by atoms with E-state index in [0.717, 1.165) is 94.3 Å². The number of fused-ring (bicyclic) bond motifs is 5. The zero-order valence-corrected chi connectivity index (χ0v) is 43.5. The summed E-state index contributed by atoms with van der Waals surface area (Å²) in [6.07, 6.45) is -10.8. The van der Waals surface area contributed by atoms with E-state index in [-0.39, 0.29) is 24.0 Å². The summed E-state index contributed by atoms with van der Waals surface area (Å²) in [5, 5.41) is 0. The molecule has 0 bridgehead atoms. The highest BCUT2D eigenvalue weighted by Gasteiger charge is 2.85. The Labute approximate surface area is 406 Å². The average Bonchev–Trinajstić information content (AvgIpc) is 3.59. The van der Waals surface area contributed by atoms with Crippen molar-refractivity contribution in [3.63, 3.8) is 0 Å². The minimum Gasteiger partial charge on any atom is -0.493 e. The fraction of sp³-hybridized carbons (Fsp3) is 0.851. The quantitative estimate of drug-likeness (QED) is 0.0259. The predicted molar refractivity (Wildman–Crippen MR) is 257 cm³/mol. The van der Waals surface area contributed by atoms with Crippen LogP contribution in [0.2, 0.25) is 0 Å². The summed E-state index contributed by atoms with van der Waals surface area (Å²) < 4.78 is 152. The first-order chi connectivity index (χ1) is 32.0. The Morgan fingerprint density at radius 1 is 0.896 bits per heavy atom. The van der Waals surface area contributed by atoms with Crippen molar-refractivity contribution in [1.29, 1.82) is 0 Å². The van der Waals surface area contributed by atoms with Gasteiger partial charge in [-0.1, -0.05) is 47.9 Å². The molecule has 4 rings (SSSR count). The molecule has 0 aliphatic heterocycles. The first-order valence-corrected chi connectivity index (χ1v) is 29.5. The number of rotatable bonds is 29. The minimum atomic E-state index is -6.74. The number of benzene rings is 1. The van der Waals surface area contributed by atoms with Gasteiger partial charge in [0.2, 0.25) is 6.54 Å². The Kier molecular flexibility index (Phi) is 22.9. The van der Waals surface area contributed by atoms with Crippen LogP contribution in [0.1, 0.15) is 124 Å². The summed E-state index contributed by atoms with van der Waals surface area (Å²) in [6, 6.07) is 7.14. The molecule has 1 aromatic carbocycles. The van der Waals surface area contributed by atoms with Crippen molar-refractivity contribution in [2.75, 3.05) is 70.8 Å². The fourth-order valence-electron chi connectivity index (χ4n) is 10.4. The number of ether oxygens (including phenoxy) is 3. The van der Waals surface area contributed by atoms with Crippen LogP contribution in [0, 0.1) is 29.7 Å². The van der Waals surface area contributed by atoms with E-state index in [1.165, 1.54) is 11.1 Å². The van der Waals surface area contributed by atoms with E-state index in [9.17, 15) is 39.5 Å². The van der Waals surface area contributed by atoms with E-state index in [4.69, 9.17) is 21.9 Å². The molecule has 3 aliphatic rings. The van der Waals surface area contributed by atoms with Gasteiger partial charge in [-0.25, -0.2) is 6.57 Å². The van der Waals surface area contributed by atoms with Gasteiger partial charge in [-0.15, -0.1) is 0 Å². The maximum atomic E-state index is 13.2. The monoisotopic (exact) mass is 1040 g/mol. The molecule has 20 heteroatoms. The third-order valence-corrected chi connectivity index (χ3v) is 21.1. The molecule has 3 unspecified atom stereocenters. The van der Waals surface area contributed by atoms with Crippen molar-refractivity contribution in [3.05, 3.63) is 40.7 Å². The smallest absolute Gasteiger partial charge is 0.435 e. The van der Waals surface area contributed by atoms with Crippen molar-refractivity contribution in [3.8, 4) is 5.75 Å². The maximum Gasteiger partial charge on any atom is 0.435 e. The molecule has 2 saturated carbocycles. The highest BCUT2D eigenvalue weighted by molar-refractivity contribution is 8.76. The van der Waals surface area contributed by atoms with Gasteiger partial charge in [0.25, 0.3) is 0 Å². The number of hydrogen-bond acceptors (Lipinski definition) is 8. The van der Waals surface area contributed by atoms with Crippen molar-refractivity contribution >= 4 is 37.8 Å². The lowest BCUT2D eigenvalue weighted by molar-refractivity contribution is -0.457. The van der Waals surface area contributed by atoms with E-state index in [0.29, 0.717) is 71.2 Å². The Morgan fingerprint density at radius 2 is 1.58 bits per heavy atom. The number of alkyl halides is 9. The Bertz CT molecular complexity index is 1660. The third-order valence-electron chi connectivity index (χ3n) is 13.6. The van der Waals surface area contributed by atoms with Gasteiger partial charge in [-0.2, -0.15) is 39.5 Å². The second-order valence-electron chi connectivity index (χ2n) is 19.1. The summed E-state index contributed by atoms with van der Waals surface area (Å²) >= 11 is 0. The highest BCUT2D eigenvalue weighted by atomic mass is 33.1. The maximum absolute atomic E-state index is 13.2. The van der Waals surface area contributed by atoms with Gasteiger partial charge in [0.15, 0.2) is 0 Å². The Hall–Kier alpha value is -0.760. The Morgan fingerprint density at radius 3 is 2.24 bits per heavy atom. The van der Waals surface area contributed by atoms with Gasteiger partial charge < -0.3 is 28.5 Å². The second-order valence-corrected chi connectivity index (χ2v) is 26.0. The van der Waals surface area contributed by atoms with Gasteiger partial charge in [-0.3, -0.25) is 4.67 Å². The van der Waals surface area contributed by atoms with Gasteiger partial charge in [-0.05, 0) is 173 Å². The molecule has 386 valence electrons. The van der Waals surface area contributed by atoms with Crippen LogP contribution >= 0.6 is 37.8 Å². The van der Waals surface area contributed by atoms with Crippen LogP contribution < -0.4 is 4.74 Å². The topological polar surface area (TPSA) is 47.8 Å². The Balaban J connectivity index is 1.09. The van der Waals surface area contributed by atoms with Crippen LogP contribution in [-0.4, -0.2) is 123 Å². The summed E-state index contributed by atoms with van der Waals surface area (Å²) in [5.41, 5.74) is -3.91. The molecule has 0 radical (unpaired) electrons. The summed E-state index contributed by atoms with van der Waals surface area (Å²) in [5.74, 6) is 4.06. The standard InChI is InChI=1S/C47H74F9N3O4P2S2/c1-33(2)59(34(3)4)65(64-28-22-57-7)63-32-35(5)13-9-10-23-58(8)24-11-29-66-67-30-27-60-37-15-17-38-36(31-37)14-16-40-39(38)20-21-43(6)41(40)18-19-42(43)61-25-12-26-62-44(45(48,49)50,46(51,52)53)47(54,55)56/h15,17,31,33-35,39-42,64H,9-14,16,18-30,32H2,1-6,8H3/t35?,39-,40-,41+,42+,43+,65?/m1/s1/i5D. The van der Waals surface area contributed by atoms with Crippen LogP contribution in [0.15, 0.2) is 18.2 Å². The van der Waals surface area contributed by atoms with Gasteiger partial charge in [0.05, 0.1) is 25.9 Å². The first-order valence-electron chi connectivity index (χ1n) is 24.4.